The first-order valence-corrected chi connectivity index (χ1v) is 3.50. The summed E-state index contributed by atoms with van der Waals surface area (Å²) < 4.78 is 0. The van der Waals surface area contributed by atoms with Gasteiger partial charge in [-0.15, -0.1) is 0 Å². The molecule has 59 valence electrons. The molecule has 2 heterocycles. The summed E-state index contributed by atoms with van der Waals surface area (Å²) in [6.07, 6.45) is 4.43. The van der Waals surface area contributed by atoms with E-state index >= 15 is 0 Å². The molecule has 1 aliphatic rings. The van der Waals surface area contributed by atoms with Crippen molar-refractivity contribution in [1.82, 2.24) is 10.3 Å². The summed E-state index contributed by atoms with van der Waals surface area (Å²) >= 11 is 0. The lowest BCUT2D eigenvalue weighted by Gasteiger charge is -2.01. The highest BCUT2D eigenvalue weighted by Gasteiger charge is 2.08. The van der Waals surface area contributed by atoms with Crippen LogP contribution in [0.25, 0.3) is 0 Å². The van der Waals surface area contributed by atoms with Crippen molar-refractivity contribution in [3.63, 3.8) is 0 Å². The van der Waals surface area contributed by atoms with Gasteiger partial charge in [0.15, 0.2) is 5.82 Å². The molecule has 0 spiro atoms. The van der Waals surface area contributed by atoms with Crippen LogP contribution in [0.5, 0.6) is 0 Å². The molecule has 0 unspecified atom stereocenters. The van der Waals surface area contributed by atoms with E-state index in [4.69, 9.17) is 0 Å². The highest BCUT2D eigenvalue weighted by molar-refractivity contribution is 6.01. The molecular weight excluding hydrogens is 154 g/mol. The Kier molecular flexibility index (Phi) is 1.51. The van der Waals surface area contributed by atoms with Gasteiger partial charge in [0.25, 0.3) is 5.91 Å². The third-order valence-corrected chi connectivity index (χ3v) is 1.47. The quantitative estimate of drug-likeness (QED) is 0.609. The third-order valence-electron chi connectivity index (χ3n) is 1.47. The lowest BCUT2D eigenvalue weighted by molar-refractivity contribution is -0.111. The SMILES string of the molecule is O=C1C=C[N]c2cccnc2N1. The van der Waals surface area contributed by atoms with Crippen LogP contribution in [0.1, 0.15) is 0 Å². The molecule has 1 N–H and O–H groups in total. The van der Waals surface area contributed by atoms with E-state index in [2.05, 4.69) is 15.6 Å². The lowest BCUT2D eigenvalue weighted by atomic mass is 10.4. The number of carbonyl (C=O) groups excluding carboxylic acids is 1. The average molecular weight is 160 g/mol. The normalized spacial score (nSPS) is 14.2. The van der Waals surface area contributed by atoms with Crippen molar-refractivity contribution in [2.24, 2.45) is 0 Å². The first kappa shape index (κ1) is 6.84. The molecule has 4 nitrogen and oxygen atoms in total. The monoisotopic (exact) mass is 160 g/mol. The molecule has 4 heteroatoms. The van der Waals surface area contributed by atoms with Gasteiger partial charge < -0.3 is 5.32 Å². The Morgan fingerprint density at radius 3 is 3.25 bits per heavy atom. The Hall–Kier alpha value is -1.84. The zero-order valence-electron chi connectivity index (χ0n) is 6.19. The van der Waals surface area contributed by atoms with E-state index in [-0.39, 0.29) is 5.91 Å². The second-order valence-electron chi connectivity index (χ2n) is 2.31. The second-order valence-corrected chi connectivity index (χ2v) is 2.31. The summed E-state index contributed by atoms with van der Waals surface area (Å²) in [5.74, 6) is 0.309. The molecule has 1 radical (unpaired) electrons. The largest absolute Gasteiger partial charge is 0.305 e. The molecule has 1 aliphatic heterocycles. The molecule has 0 atom stereocenters. The molecule has 12 heavy (non-hydrogen) atoms. The van der Waals surface area contributed by atoms with Gasteiger partial charge in [-0.3, -0.25) is 10.1 Å². The number of pyridine rings is 1. The maximum atomic E-state index is 10.9. The van der Waals surface area contributed by atoms with Gasteiger partial charge in [-0.25, -0.2) is 4.98 Å². The van der Waals surface area contributed by atoms with Crippen LogP contribution in [-0.4, -0.2) is 10.9 Å². The molecule has 1 amide bonds. The molecule has 0 aliphatic carbocycles. The molecule has 0 aromatic carbocycles. The summed E-state index contributed by atoms with van der Waals surface area (Å²) in [5, 5.41) is 6.60. The zero-order chi connectivity index (χ0) is 8.39. The van der Waals surface area contributed by atoms with Crippen LogP contribution in [0.2, 0.25) is 0 Å². The smallest absolute Gasteiger partial charge is 0.251 e. The van der Waals surface area contributed by atoms with Crippen molar-refractivity contribution in [3.8, 4) is 0 Å². The summed E-state index contributed by atoms with van der Waals surface area (Å²) in [6, 6.07) is 3.56. The van der Waals surface area contributed by atoms with Crippen molar-refractivity contribution in [1.29, 1.82) is 0 Å². The van der Waals surface area contributed by atoms with Crippen molar-refractivity contribution in [2.45, 2.75) is 0 Å². The van der Waals surface area contributed by atoms with Crippen LogP contribution in [0.15, 0.2) is 30.6 Å². The first-order chi connectivity index (χ1) is 5.86. The molecule has 0 saturated carbocycles. The topological polar surface area (TPSA) is 56.1 Å². The highest BCUT2D eigenvalue weighted by atomic mass is 16.1. The predicted molar refractivity (Wildman–Crippen MR) is 43.8 cm³/mol. The number of aromatic nitrogens is 1. The van der Waals surface area contributed by atoms with Gasteiger partial charge in [0.1, 0.15) is 5.69 Å². The highest BCUT2D eigenvalue weighted by Crippen LogP contribution is 2.19. The molecule has 0 bridgehead atoms. The van der Waals surface area contributed by atoms with Crippen molar-refractivity contribution in [3.05, 3.63) is 30.6 Å². The maximum Gasteiger partial charge on any atom is 0.251 e. The molecule has 1 aromatic heterocycles. The van der Waals surface area contributed by atoms with Crippen LogP contribution < -0.4 is 10.6 Å². The number of carbonyl (C=O) groups is 1. The number of hydrogen-bond donors (Lipinski definition) is 1. The minimum absolute atomic E-state index is 0.198. The fourth-order valence-electron chi connectivity index (χ4n) is 0.941. The fourth-order valence-corrected chi connectivity index (χ4v) is 0.941. The summed E-state index contributed by atoms with van der Waals surface area (Å²) in [5.41, 5.74) is 0.680. The van der Waals surface area contributed by atoms with Crippen molar-refractivity contribution < 1.29 is 4.79 Å². The number of nitrogens with zero attached hydrogens (tertiary/aromatic N) is 2. The van der Waals surface area contributed by atoms with Gasteiger partial charge in [-0.1, -0.05) is 0 Å². The third kappa shape index (κ3) is 1.14. The first-order valence-electron chi connectivity index (χ1n) is 3.50. The fraction of sp³-hybridized carbons (Fsp3) is 0. The standard InChI is InChI=1S/C8H6N3O/c12-7-3-5-9-6-2-1-4-10-8(6)11-7/h1-5H,(H,10,11,12). The summed E-state index contributed by atoms with van der Waals surface area (Å²) in [6.45, 7) is 0. The Labute approximate surface area is 69.3 Å². The van der Waals surface area contributed by atoms with Crippen LogP contribution in [-0.2, 0) is 4.79 Å². The number of anilines is 1. The van der Waals surface area contributed by atoms with Crippen molar-refractivity contribution >= 4 is 17.4 Å². The lowest BCUT2D eigenvalue weighted by Crippen LogP contribution is -2.07. The number of hydrogen-bond acceptors (Lipinski definition) is 2. The Morgan fingerprint density at radius 2 is 2.33 bits per heavy atom. The maximum absolute atomic E-state index is 10.9. The van der Waals surface area contributed by atoms with E-state index in [9.17, 15) is 4.79 Å². The Morgan fingerprint density at radius 1 is 1.42 bits per heavy atom. The average Bonchev–Trinajstić information content (AvgIpc) is 2.25. The van der Waals surface area contributed by atoms with E-state index in [1.807, 2.05) is 0 Å². The predicted octanol–water partition coefficient (Wildman–Crippen LogP) is 0.783. The Balaban J connectivity index is 2.44. The van der Waals surface area contributed by atoms with Gasteiger partial charge in [-0.05, 0) is 12.1 Å². The molecule has 0 saturated heterocycles. The summed E-state index contributed by atoms with van der Waals surface area (Å²) in [7, 11) is 0. The van der Waals surface area contributed by atoms with E-state index in [1.165, 1.54) is 12.3 Å². The minimum Gasteiger partial charge on any atom is -0.305 e. The second kappa shape index (κ2) is 2.65. The number of fused-ring (bicyclic) bond motifs is 1. The van der Waals surface area contributed by atoms with Crippen LogP contribution in [0, 0.1) is 0 Å². The summed E-state index contributed by atoms with van der Waals surface area (Å²) in [4.78, 5) is 14.9. The van der Waals surface area contributed by atoms with Crippen molar-refractivity contribution in [2.75, 3.05) is 5.32 Å². The number of amides is 1. The van der Waals surface area contributed by atoms with Crippen LogP contribution >= 0.6 is 0 Å². The number of nitrogens with one attached hydrogen (secondary N) is 1. The van der Waals surface area contributed by atoms with Gasteiger partial charge in [0, 0.05) is 18.5 Å². The van der Waals surface area contributed by atoms with Gasteiger partial charge in [-0.2, -0.15) is 0 Å². The van der Waals surface area contributed by atoms with E-state index < -0.39 is 0 Å². The van der Waals surface area contributed by atoms with Gasteiger partial charge >= 0.3 is 0 Å². The molecular formula is C8H6N3O. The number of rotatable bonds is 0. The van der Waals surface area contributed by atoms with E-state index in [1.54, 1.807) is 18.3 Å². The minimum atomic E-state index is -0.198. The van der Waals surface area contributed by atoms with E-state index in [0.29, 0.717) is 11.5 Å². The van der Waals surface area contributed by atoms with Crippen LogP contribution in [0.3, 0.4) is 0 Å². The van der Waals surface area contributed by atoms with Crippen LogP contribution in [0.4, 0.5) is 11.5 Å². The zero-order valence-corrected chi connectivity index (χ0v) is 6.19. The molecule has 2 rings (SSSR count). The Bertz CT molecular complexity index is 346. The van der Waals surface area contributed by atoms with E-state index in [0.717, 1.165) is 0 Å². The van der Waals surface area contributed by atoms with Gasteiger partial charge in [0.2, 0.25) is 0 Å². The molecule has 0 fully saturated rings. The molecule has 1 aromatic rings. The van der Waals surface area contributed by atoms with Gasteiger partial charge in [0.05, 0.1) is 0 Å².